The predicted molar refractivity (Wildman–Crippen MR) is 132 cm³/mol. The van der Waals surface area contributed by atoms with Gasteiger partial charge in [-0.15, -0.1) is 28.1 Å². The van der Waals surface area contributed by atoms with Crippen molar-refractivity contribution in [2.24, 2.45) is 0 Å². The lowest BCUT2D eigenvalue weighted by Gasteiger charge is -2.16. The molecule has 2 aromatic heterocycles. The molecule has 0 fully saturated rings. The molecular weight excluding hydrogens is 436 g/mol. The summed E-state index contributed by atoms with van der Waals surface area (Å²) in [5, 5.41) is 12.9. The first kappa shape index (κ1) is 22.3. The monoisotopic (exact) mass is 462 g/mol. The van der Waals surface area contributed by atoms with Crippen LogP contribution in [0.3, 0.4) is 0 Å². The second-order valence-electron chi connectivity index (χ2n) is 7.62. The van der Waals surface area contributed by atoms with Gasteiger partial charge < -0.3 is 4.74 Å². The Balaban J connectivity index is 1.47. The van der Waals surface area contributed by atoms with Crippen LogP contribution in [0.25, 0.3) is 10.6 Å². The molecule has 5 nitrogen and oxygen atoms in total. The van der Waals surface area contributed by atoms with Crippen LogP contribution in [-0.2, 0) is 12.3 Å². The van der Waals surface area contributed by atoms with Crippen LogP contribution in [0.4, 0.5) is 0 Å². The Hall–Kier alpha value is -2.90. The minimum atomic E-state index is -0.231. The lowest BCUT2D eigenvalue weighted by atomic mass is 10.1. The van der Waals surface area contributed by atoms with Gasteiger partial charge in [0.15, 0.2) is 17.1 Å². The Morgan fingerprint density at radius 3 is 2.66 bits per heavy atom. The highest BCUT2D eigenvalue weighted by molar-refractivity contribution is 7.98. The third-order valence-electron chi connectivity index (χ3n) is 4.89. The van der Waals surface area contributed by atoms with Crippen molar-refractivity contribution < 1.29 is 4.74 Å². The van der Waals surface area contributed by atoms with E-state index >= 15 is 0 Å². The van der Waals surface area contributed by atoms with Crippen molar-refractivity contribution in [3.8, 4) is 16.3 Å². The summed E-state index contributed by atoms with van der Waals surface area (Å²) in [6.07, 6.45) is 1.63. The minimum Gasteiger partial charge on any atom is -0.483 e. The van der Waals surface area contributed by atoms with Gasteiger partial charge in [0.05, 0.1) is 5.69 Å². The molecule has 0 N–H and O–H groups in total. The molecule has 1 unspecified atom stereocenters. The van der Waals surface area contributed by atoms with Crippen molar-refractivity contribution in [2.45, 2.75) is 44.3 Å². The molecule has 0 saturated carbocycles. The smallest absolute Gasteiger partial charge is 0.192 e. The van der Waals surface area contributed by atoms with Crippen LogP contribution in [0, 0.1) is 13.8 Å². The lowest BCUT2D eigenvalue weighted by molar-refractivity contribution is 0.210. The highest BCUT2D eigenvalue weighted by Gasteiger charge is 2.19. The molecule has 0 spiro atoms. The molecule has 0 bridgehead atoms. The Morgan fingerprint density at radius 1 is 1.12 bits per heavy atom. The van der Waals surface area contributed by atoms with Crippen LogP contribution < -0.4 is 4.74 Å². The predicted octanol–water partition coefficient (Wildman–Crippen LogP) is 6.64. The zero-order valence-electron chi connectivity index (χ0n) is 18.5. The fraction of sp³-hybridized carbons (Fsp3) is 0.240. The largest absolute Gasteiger partial charge is 0.483 e. The molecule has 4 aromatic rings. The van der Waals surface area contributed by atoms with Crippen LogP contribution in [-0.4, -0.2) is 19.7 Å². The molecule has 0 amide bonds. The molecule has 0 radical (unpaired) electrons. The zero-order chi connectivity index (χ0) is 22.5. The maximum atomic E-state index is 6.13. The summed E-state index contributed by atoms with van der Waals surface area (Å²) in [7, 11) is 0. The Morgan fingerprint density at radius 2 is 1.91 bits per heavy atom. The van der Waals surface area contributed by atoms with Gasteiger partial charge >= 0.3 is 0 Å². The van der Waals surface area contributed by atoms with Crippen molar-refractivity contribution in [1.82, 2.24) is 19.7 Å². The van der Waals surface area contributed by atoms with E-state index in [9.17, 15) is 0 Å². The van der Waals surface area contributed by atoms with Gasteiger partial charge in [0, 0.05) is 23.2 Å². The van der Waals surface area contributed by atoms with Gasteiger partial charge in [0.1, 0.15) is 10.8 Å². The normalized spacial score (nSPS) is 12.0. The van der Waals surface area contributed by atoms with E-state index in [-0.39, 0.29) is 6.10 Å². The number of rotatable bonds is 9. The fourth-order valence-corrected chi connectivity index (χ4v) is 5.15. The summed E-state index contributed by atoms with van der Waals surface area (Å²) in [6.45, 7) is 10.7. The maximum absolute atomic E-state index is 6.13. The first-order valence-corrected chi connectivity index (χ1v) is 12.3. The number of thiazole rings is 1. The van der Waals surface area contributed by atoms with Crippen LogP contribution in [0.1, 0.15) is 35.7 Å². The van der Waals surface area contributed by atoms with Crippen molar-refractivity contribution in [3.63, 3.8) is 0 Å². The number of aryl methyl sites for hydroxylation is 2. The average Bonchev–Trinajstić information content (AvgIpc) is 3.40. The van der Waals surface area contributed by atoms with Crippen molar-refractivity contribution in [2.75, 3.05) is 0 Å². The fourth-order valence-electron chi connectivity index (χ4n) is 3.38. The minimum absolute atomic E-state index is 0.231. The molecule has 7 heteroatoms. The molecular formula is C25H26N4OS2. The molecule has 0 aliphatic heterocycles. The topological polar surface area (TPSA) is 52.8 Å². The van der Waals surface area contributed by atoms with E-state index in [1.807, 2.05) is 31.2 Å². The van der Waals surface area contributed by atoms with Gasteiger partial charge in [-0.05, 0) is 44.5 Å². The molecule has 4 rings (SSSR count). The molecule has 0 saturated heterocycles. The van der Waals surface area contributed by atoms with E-state index in [0.717, 1.165) is 44.3 Å². The molecule has 2 aromatic carbocycles. The molecule has 164 valence electrons. The van der Waals surface area contributed by atoms with E-state index < -0.39 is 0 Å². The number of hydrogen-bond acceptors (Lipinski definition) is 6. The average molecular weight is 463 g/mol. The number of aromatic nitrogens is 4. The van der Waals surface area contributed by atoms with E-state index in [4.69, 9.17) is 9.72 Å². The third-order valence-corrected chi connectivity index (χ3v) is 6.83. The SMILES string of the molecule is C=CCn1c(SCc2csc(-c3cccc(C)c3)n2)nnc1C(C)Oc1cccc(C)c1. The highest BCUT2D eigenvalue weighted by atomic mass is 32.2. The second-order valence-corrected chi connectivity index (χ2v) is 9.42. The Bertz CT molecular complexity index is 1210. The first-order valence-electron chi connectivity index (χ1n) is 10.4. The quantitative estimate of drug-likeness (QED) is 0.206. The number of nitrogens with zero attached hydrogens (tertiary/aromatic N) is 4. The van der Waals surface area contributed by atoms with Crippen LogP contribution >= 0.6 is 23.1 Å². The summed E-state index contributed by atoms with van der Waals surface area (Å²) < 4.78 is 8.19. The number of benzene rings is 2. The first-order chi connectivity index (χ1) is 15.5. The van der Waals surface area contributed by atoms with Crippen molar-refractivity contribution in [1.29, 1.82) is 0 Å². The Kier molecular flexibility index (Phi) is 7.07. The summed E-state index contributed by atoms with van der Waals surface area (Å²) in [5.41, 5.74) is 4.59. The van der Waals surface area contributed by atoms with Gasteiger partial charge in [0.2, 0.25) is 0 Å². The highest BCUT2D eigenvalue weighted by Crippen LogP contribution is 2.30. The zero-order valence-corrected chi connectivity index (χ0v) is 20.1. The van der Waals surface area contributed by atoms with Crippen LogP contribution in [0.15, 0.2) is 71.7 Å². The van der Waals surface area contributed by atoms with Gasteiger partial charge in [-0.1, -0.05) is 53.7 Å². The van der Waals surface area contributed by atoms with Gasteiger partial charge in [-0.3, -0.25) is 4.57 Å². The summed E-state index contributed by atoms with van der Waals surface area (Å²) >= 11 is 3.30. The lowest BCUT2D eigenvalue weighted by Crippen LogP contribution is -2.12. The third kappa shape index (κ3) is 5.29. The van der Waals surface area contributed by atoms with Gasteiger partial charge in [-0.25, -0.2) is 4.98 Å². The van der Waals surface area contributed by atoms with E-state index in [1.54, 1.807) is 23.1 Å². The van der Waals surface area contributed by atoms with E-state index in [0.29, 0.717) is 6.54 Å². The summed E-state index contributed by atoms with van der Waals surface area (Å²) in [6, 6.07) is 16.5. The van der Waals surface area contributed by atoms with Gasteiger partial charge in [0.25, 0.3) is 0 Å². The standard InChI is InChI=1S/C25H26N4OS2/c1-5-12-29-23(19(4)30-22-11-7-9-18(3)14-22)27-28-25(29)32-16-21-15-31-24(26-21)20-10-6-8-17(2)13-20/h5-11,13-15,19H,1,12,16H2,2-4H3. The van der Waals surface area contributed by atoms with Crippen molar-refractivity contribution in [3.05, 3.63) is 89.2 Å². The number of allylic oxidation sites excluding steroid dienone is 1. The molecule has 0 aliphatic carbocycles. The van der Waals surface area contributed by atoms with E-state index in [1.165, 1.54) is 5.56 Å². The Labute approximate surface area is 197 Å². The van der Waals surface area contributed by atoms with E-state index in [2.05, 4.69) is 70.9 Å². The molecule has 1 atom stereocenters. The molecule has 0 aliphatic rings. The van der Waals surface area contributed by atoms with Crippen molar-refractivity contribution >= 4 is 23.1 Å². The maximum Gasteiger partial charge on any atom is 0.192 e. The number of hydrogen-bond donors (Lipinski definition) is 0. The molecule has 32 heavy (non-hydrogen) atoms. The summed E-state index contributed by atoms with van der Waals surface area (Å²) in [5.74, 6) is 2.34. The van der Waals surface area contributed by atoms with Crippen LogP contribution in [0.2, 0.25) is 0 Å². The van der Waals surface area contributed by atoms with Gasteiger partial charge in [-0.2, -0.15) is 0 Å². The number of thioether (sulfide) groups is 1. The number of ether oxygens (including phenoxy) is 1. The summed E-state index contributed by atoms with van der Waals surface area (Å²) in [4.78, 5) is 4.81. The molecule has 2 heterocycles. The van der Waals surface area contributed by atoms with Crippen LogP contribution in [0.5, 0.6) is 5.75 Å². The second kappa shape index (κ2) is 10.1.